The van der Waals surface area contributed by atoms with E-state index < -0.39 is 6.10 Å². The largest absolute Gasteiger partial charge is 0.846 e. The highest BCUT2D eigenvalue weighted by atomic mass is 16.5. The topological polar surface area (TPSA) is 109 Å². The standard InChI is InChI=1S/C22H23N4O4/c1-12-6-17(19(27)11-30-3)23-10-16(12)15-7-14-9-24-20(25-21(28)13-4-5-13)8-18(14)26(2)22(15)29/h6-10,13,19H,4-5,11H2,1-3H3,(H,24,25,28)/q-1. The van der Waals surface area contributed by atoms with Gasteiger partial charge in [-0.3, -0.25) is 14.6 Å². The zero-order valence-corrected chi connectivity index (χ0v) is 17.1. The predicted octanol–water partition coefficient (Wildman–Crippen LogP) is 1.70. The van der Waals surface area contributed by atoms with E-state index in [0.717, 1.165) is 23.8 Å². The molecule has 0 saturated heterocycles. The van der Waals surface area contributed by atoms with Gasteiger partial charge in [-0.1, -0.05) is 6.10 Å². The smallest absolute Gasteiger partial charge is 0.258 e. The second kappa shape index (κ2) is 7.97. The molecule has 4 rings (SSSR count). The molecule has 1 aliphatic rings. The molecule has 0 spiro atoms. The van der Waals surface area contributed by atoms with E-state index in [1.165, 1.54) is 11.7 Å². The normalized spacial score (nSPS) is 14.7. The molecule has 1 atom stereocenters. The maximum atomic E-state index is 13.1. The maximum absolute atomic E-state index is 13.1. The van der Waals surface area contributed by atoms with Crippen LogP contribution in [0.15, 0.2) is 35.4 Å². The van der Waals surface area contributed by atoms with Crippen LogP contribution < -0.4 is 16.0 Å². The van der Waals surface area contributed by atoms with E-state index in [1.54, 1.807) is 37.6 Å². The van der Waals surface area contributed by atoms with Gasteiger partial charge in [0.15, 0.2) is 0 Å². The molecule has 0 aliphatic heterocycles. The lowest BCUT2D eigenvalue weighted by Crippen LogP contribution is -2.22. The Kier molecular flexibility index (Phi) is 5.36. The molecule has 8 heteroatoms. The highest BCUT2D eigenvalue weighted by Gasteiger charge is 2.29. The number of hydrogen-bond acceptors (Lipinski definition) is 6. The summed E-state index contributed by atoms with van der Waals surface area (Å²) in [5.74, 6) is 0.476. The number of pyridine rings is 3. The van der Waals surface area contributed by atoms with Crippen LogP contribution in [0, 0.1) is 12.8 Å². The highest BCUT2D eigenvalue weighted by Crippen LogP contribution is 2.30. The zero-order valence-electron chi connectivity index (χ0n) is 17.1. The van der Waals surface area contributed by atoms with E-state index in [-0.39, 0.29) is 24.0 Å². The summed E-state index contributed by atoms with van der Waals surface area (Å²) in [4.78, 5) is 33.6. The number of aryl methyl sites for hydroxylation is 2. The first kappa shape index (κ1) is 20.2. The Labute approximate surface area is 173 Å². The van der Waals surface area contributed by atoms with Crippen LogP contribution in [0.5, 0.6) is 0 Å². The van der Waals surface area contributed by atoms with Crippen LogP contribution in [-0.4, -0.2) is 34.2 Å². The van der Waals surface area contributed by atoms with E-state index in [2.05, 4.69) is 15.3 Å². The first-order valence-electron chi connectivity index (χ1n) is 9.81. The quantitative estimate of drug-likeness (QED) is 0.666. The molecule has 0 bridgehead atoms. The van der Waals surface area contributed by atoms with Crippen molar-refractivity contribution in [3.63, 3.8) is 0 Å². The minimum Gasteiger partial charge on any atom is -0.846 e. The number of hydrogen-bond donors (Lipinski definition) is 1. The van der Waals surface area contributed by atoms with Gasteiger partial charge in [0.2, 0.25) is 5.91 Å². The minimum absolute atomic E-state index is 0.0320. The second-order valence-electron chi connectivity index (χ2n) is 7.68. The van der Waals surface area contributed by atoms with Crippen molar-refractivity contribution in [3.8, 4) is 11.1 Å². The van der Waals surface area contributed by atoms with E-state index in [4.69, 9.17) is 4.74 Å². The lowest BCUT2D eigenvalue weighted by molar-refractivity contribution is -0.434. The third-order valence-corrected chi connectivity index (χ3v) is 5.38. The van der Waals surface area contributed by atoms with Crippen molar-refractivity contribution >= 4 is 22.6 Å². The number of amides is 1. The number of methoxy groups -OCH3 is 1. The summed E-state index contributed by atoms with van der Waals surface area (Å²) in [5, 5.41) is 15.7. The summed E-state index contributed by atoms with van der Waals surface area (Å²) in [5.41, 5.74) is 2.79. The van der Waals surface area contributed by atoms with Gasteiger partial charge in [-0.2, -0.15) is 0 Å². The molecule has 1 saturated carbocycles. The van der Waals surface area contributed by atoms with Crippen LogP contribution in [0.1, 0.15) is 30.2 Å². The number of nitrogens with one attached hydrogen (secondary N) is 1. The van der Waals surface area contributed by atoms with Gasteiger partial charge in [0.25, 0.3) is 5.56 Å². The molecular formula is C22H23N4O4-. The van der Waals surface area contributed by atoms with E-state index >= 15 is 0 Å². The predicted molar refractivity (Wildman–Crippen MR) is 111 cm³/mol. The number of ether oxygens (including phenoxy) is 1. The minimum atomic E-state index is -1.07. The second-order valence-corrected chi connectivity index (χ2v) is 7.68. The van der Waals surface area contributed by atoms with Crippen molar-refractivity contribution in [1.82, 2.24) is 14.5 Å². The molecule has 8 nitrogen and oxygen atoms in total. The van der Waals surface area contributed by atoms with E-state index in [9.17, 15) is 14.7 Å². The van der Waals surface area contributed by atoms with Crippen molar-refractivity contribution in [3.05, 3.63) is 52.2 Å². The average Bonchev–Trinajstić information content (AvgIpc) is 3.57. The van der Waals surface area contributed by atoms with Crippen molar-refractivity contribution in [2.45, 2.75) is 25.9 Å². The van der Waals surface area contributed by atoms with Crippen LogP contribution in [0.2, 0.25) is 0 Å². The van der Waals surface area contributed by atoms with Crippen LogP contribution in [0.3, 0.4) is 0 Å². The number of carbonyl (C=O) groups is 1. The number of aromatic nitrogens is 3. The van der Waals surface area contributed by atoms with Gasteiger partial charge in [0.1, 0.15) is 5.82 Å². The van der Waals surface area contributed by atoms with Crippen LogP contribution in [-0.2, 0) is 16.6 Å². The molecule has 3 aromatic rings. The molecule has 3 aromatic heterocycles. The molecule has 3 heterocycles. The van der Waals surface area contributed by atoms with Gasteiger partial charge in [-0.15, -0.1) is 0 Å². The molecule has 156 valence electrons. The van der Waals surface area contributed by atoms with Gasteiger partial charge in [-0.25, -0.2) is 4.98 Å². The Morgan fingerprint density at radius 3 is 2.70 bits per heavy atom. The van der Waals surface area contributed by atoms with Gasteiger partial charge >= 0.3 is 0 Å². The number of rotatable bonds is 6. The summed E-state index contributed by atoms with van der Waals surface area (Å²) in [7, 11) is 3.16. The summed E-state index contributed by atoms with van der Waals surface area (Å²) < 4.78 is 6.44. The Balaban J connectivity index is 1.72. The molecular weight excluding hydrogens is 384 g/mol. The van der Waals surface area contributed by atoms with Crippen molar-refractivity contribution in [2.75, 3.05) is 19.0 Å². The molecule has 1 N–H and O–H groups in total. The number of nitrogens with zero attached hydrogens (tertiary/aromatic N) is 3. The van der Waals surface area contributed by atoms with Crippen molar-refractivity contribution in [1.29, 1.82) is 0 Å². The number of carbonyl (C=O) groups excluding carboxylic acids is 1. The fraction of sp³-hybridized carbons (Fsp3) is 0.364. The lowest BCUT2D eigenvalue weighted by atomic mass is 10.0. The molecule has 1 fully saturated rings. The van der Waals surface area contributed by atoms with E-state index in [1.807, 2.05) is 6.92 Å². The lowest BCUT2D eigenvalue weighted by Gasteiger charge is -2.21. The maximum Gasteiger partial charge on any atom is 0.258 e. The summed E-state index contributed by atoms with van der Waals surface area (Å²) in [6.07, 6.45) is 3.95. The first-order valence-corrected chi connectivity index (χ1v) is 9.81. The van der Waals surface area contributed by atoms with Gasteiger partial charge in [0.05, 0.1) is 5.52 Å². The van der Waals surface area contributed by atoms with Gasteiger partial charge < -0.3 is 19.7 Å². The monoisotopic (exact) mass is 407 g/mol. The number of fused-ring (bicyclic) bond motifs is 1. The fourth-order valence-electron chi connectivity index (χ4n) is 3.47. The Bertz CT molecular complexity index is 1180. The zero-order chi connectivity index (χ0) is 21.4. The third kappa shape index (κ3) is 3.83. The molecule has 30 heavy (non-hydrogen) atoms. The first-order chi connectivity index (χ1) is 14.4. The Hall–Kier alpha value is -3.10. The molecule has 1 aliphatic carbocycles. The van der Waals surface area contributed by atoms with Crippen molar-refractivity contribution in [2.24, 2.45) is 13.0 Å². The Morgan fingerprint density at radius 1 is 1.27 bits per heavy atom. The fourth-order valence-corrected chi connectivity index (χ4v) is 3.47. The summed E-state index contributed by atoms with van der Waals surface area (Å²) >= 11 is 0. The molecule has 0 radical (unpaired) electrons. The number of anilines is 1. The molecule has 1 unspecified atom stereocenters. The highest BCUT2D eigenvalue weighted by molar-refractivity contribution is 5.95. The van der Waals surface area contributed by atoms with Crippen LogP contribution >= 0.6 is 0 Å². The van der Waals surface area contributed by atoms with Gasteiger partial charge in [0, 0.05) is 67.3 Å². The van der Waals surface area contributed by atoms with Gasteiger partial charge in [-0.05, 0) is 37.5 Å². The average molecular weight is 407 g/mol. The molecule has 1 amide bonds. The van der Waals surface area contributed by atoms with Crippen LogP contribution in [0.25, 0.3) is 22.0 Å². The third-order valence-electron chi connectivity index (χ3n) is 5.38. The summed E-state index contributed by atoms with van der Waals surface area (Å²) in [6.45, 7) is 1.88. The van der Waals surface area contributed by atoms with Crippen LogP contribution in [0.4, 0.5) is 5.82 Å². The molecule has 0 aromatic carbocycles. The summed E-state index contributed by atoms with van der Waals surface area (Å²) in [6, 6.07) is 5.18. The Morgan fingerprint density at radius 2 is 2.03 bits per heavy atom. The van der Waals surface area contributed by atoms with Crippen molar-refractivity contribution < 1.29 is 14.6 Å². The van der Waals surface area contributed by atoms with E-state index in [0.29, 0.717) is 28.2 Å². The SMILES string of the molecule is COCC([O-])c1cc(C)c(-c2cc3cnc(NC(=O)C4CC4)cc3n(C)c2=O)cn1.